The van der Waals surface area contributed by atoms with E-state index in [0.29, 0.717) is 23.8 Å². The van der Waals surface area contributed by atoms with Gasteiger partial charge < -0.3 is 30.2 Å². The van der Waals surface area contributed by atoms with Crippen molar-refractivity contribution in [2.45, 2.75) is 13.0 Å². The normalized spacial score (nSPS) is 13.5. The van der Waals surface area contributed by atoms with E-state index in [0.717, 1.165) is 34.9 Å². The third-order valence-electron chi connectivity index (χ3n) is 5.16. The summed E-state index contributed by atoms with van der Waals surface area (Å²) in [5, 5.41) is 6.68. The van der Waals surface area contributed by atoms with Crippen LogP contribution in [0.2, 0.25) is 0 Å². The molecule has 1 unspecified atom stereocenters. The zero-order valence-corrected chi connectivity index (χ0v) is 17.4. The highest BCUT2D eigenvalue weighted by molar-refractivity contribution is 5.79. The summed E-state index contributed by atoms with van der Waals surface area (Å²) in [6, 6.07) is 13.2. The number of ether oxygens (including phenoxy) is 2. The first-order chi connectivity index (χ1) is 15.6. The number of carbonyl (C=O) groups excluding carboxylic acids is 1. The molecule has 5 rings (SSSR count). The van der Waals surface area contributed by atoms with Crippen LogP contribution < -0.4 is 25.8 Å². The predicted molar refractivity (Wildman–Crippen MR) is 121 cm³/mol. The van der Waals surface area contributed by atoms with E-state index in [4.69, 9.17) is 20.2 Å². The largest absolute Gasteiger partial charge is 0.490 e. The van der Waals surface area contributed by atoms with Crippen molar-refractivity contribution in [2.24, 2.45) is 5.73 Å². The first kappa shape index (κ1) is 19.7. The molecular formula is C23H22N6O3. The molecule has 4 N–H and O–H groups in total. The van der Waals surface area contributed by atoms with Crippen LogP contribution in [0.1, 0.15) is 6.92 Å². The Kier molecular flexibility index (Phi) is 4.98. The van der Waals surface area contributed by atoms with Gasteiger partial charge in [0, 0.05) is 36.4 Å². The Labute approximate surface area is 184 Å². The van der Waals surface area contributed by atoms with Gasteiger partial charge in [0.15, 0.2) is 17.6 Å². The van der Waals surface area contributed by atoms with Crippen molar-refractivity contribution in [1.82, 2.24) is 14.4 Å². The van der Waals surface area contributed by atoms with Crippen LogP contribution in [0.5, 0.6) is 11.5 Å². The maximum absolute atomic E-state index is 11.2. The Morgan fingerprint density at radius 3 is 2.94 bits per heavy atom. The zero-order valence-electron chi connectivity index (χ0n) is 17.4. The molecule has 0 radical (unpaired) electrons. The molecule has 2 aromatic heterocycles. The highest BCUT2D eigenvalue weighted by Gasteiger charge is 2.14. The number of nitrogens with zero attached hydrogens (tertiary/aromatic N) is 3. The van der Waals surface area contributed by atoms with E-state index >= 15 is 0 Å². The van der Waals surface area contributed by atoms with Crippen LogP contribution in [0.3, 0.4) is 0 Å². The molecule has 0 aliphatic carbocycles. The summed E-state index contributed by atoms with van der Waals surface area (Å²) in [5.41, 5.74) is 9.48. The van der Waals surface area contributed by atoms with Crippen LogP contribution in [0.4, 0.5) is 17.2 Å². The number of nitrogens with one attached hydrogen (secondary N) is 2. The van der Waals surface area contributed by atoms with Gasteiger partial charge in [0.2, 0.25) is 0 Å². The molecule has 0 saturated carbocycles. The minimum Gasteiger partial charge on any atom is -0.490 e. The first-order valence-corrected chi connectivity index (χ1v) is 10.2. The van der Waals surface area contributed by atoms with Crippen molar-refractivity contribution in [3.05, 3.63) is 61.1 Å². The second-order valence-corrected chi connectivity index (χ2v) is 7.43. The van der Waals surface area contributed by atoms with Gasteiger partial charge in [-0.25, -0.2) is 9.97 Å². The molecule has 3 heterocycles. The van der Waals surface area contributed by atoms with Crippen LogP contribution in [-0.4, -0.2) is 39.5 Å². The summed E-state index contributed by atoms with van der Waals surface area (Å²) < 4.78 is 13.1. The fraction of sp³-hybridized carbons (Fsp3) is 0.174. The number of primary amides is 1. The summed E-state index contributed by atoms with van der Waals surface area (Å²) in [5.74, 6) is 1.50. The van der Waals surface area contributed by atoms with Gasteiger partial charge in [-0.15, -0.1) is 0 Å². The molecule has 0 bridgehead atoms. The van der Waals surface area contributed by atoms with Gasteiger partial charge in [0.25, 0.3) is 5.91 Å². The standard InChI is InChI=1S/C23H22N6O3/c1-14(21(24)30)32-17-5-3-16(4-6-17)27-22-23-26-8-10-29(23)13-19(28-22)15-2-7-20-18(12-15)25-9-11-31-20/h2-8,10,12-14,25H,9,11H2,1H3,(H2,24,30)(H,27,28). The van der Waals surface area contributed by atoms with E-state index in [-0.39, 0.29) is 0 Å². The molecular weight excluding hydrogens is 408 g/mol. The van der Waals surface area contributed by atoms with Crippen LogP contribution in [0.15, 0.2) is 61.1 Å². The summed E-state index contributed by atoms with van der Waals surface area (Å²) in [6.07, 6.45) is 4.86. The summed E-state index contributed by atoms with van der Waals surface area (Å²) >= 11 is 0. The SMILES string of the molecule is CC(Oc1ccc(Nc2nc(-c3ccc4c(c3)NCCO4)cn3ccnc23)cc1)C(N)=O. The highest BCUT2D eigenvalue weighted by atomic mass is 16.5. The van der Waals surface area contributed by atoms with Gasteiger partial charge in [0.1, 0.15) is 18.1 Å². The number of anilines is 3. The van der Waals surface area contributed by atoms with E-state index in [2.05, 4.69) is 15.6 Å². The maximum atomic E-state index is 11.2. The lowest BCUT2D eigenvalue weighted by atomic mass is 10.1. The maximum Gasteiger partial charge on any atom is 0.258 e. The molecule has 9 nitrogen and oxygen atoms in total. The lowest BCUT2D eigenvalue weighted by Gasteiger charge is -2.19. The van der Waals surface area contributed by atoms with Gasteiger partial charge >= 0.3 is 0 Å². The van der Waals surface area contributed by atoms with E-state index in [1.54, 1.807) is 25.3 Å². The summed E-state index contributed by atoms with van der Waals surface area (Å²) in [6.45, 7) is 3.04. The van der Waals surface area contributed by atoms with E-state index in [9.17, 15) is 4.79 Å². The number of aromatic nitrogens is 3. The molecule has 0 spiro atoms. The first-order valence-electron chi connectivity index (χ1n) is 10.2. The average Bonchev–Trinajstić information content (AvgIpc) is 3.29. The Hall–Kier alpha value is -4.27. The molecule has 32 heavy (non-hydrogen) atoms. The number of fused-ring (bicyclic) bond motifs is 2. The van der Waals surface area contributed by atoms with Gasteiger partial charge in [-0.3, -0.25) is 4.79 Å². The lowest BCUT2D eigenvalue weighted by Crippen LogP contribution is -2.30. The Bertz CT molecular complexity index is 1280. The summed E-state index contributed by atoms with van der Waals surface area (Å²) in [4.78, 5) is 20.4. The second kappa shape index (κ2) is 8.10. The monoisotopic (exact) mass is 430 g/mol. The number of carbonyl (C=O) groups is 1. The van der Waals surface area contributed by atoms with E-state index in [1.165, 1.54) is 0 Å². The van der Waals surface area contributed by atoms with Crippen molar-refractivity contribution in [3.63, 3.8) is 0 Å². The molecule has 4 aromatic rings. The smallest absolute Gasteiger partial charge is 0.258 e. The molecule has 162 valence electrons. The quantitative estimate of drug-likeness (QED) is 0.430. The summed E-state index contributed by atoms with van der Waals surface area (Å²) in [7, 11) is 0. The second-order valence-electron chi connectivity index (χ2n) is 7.43. The molecule has 9 heteroatoms. The average molecular weight is 430 g/mol. The van der Waals surface area contributed by atoms with Crippen molar-refractivity contribution in [1.29, 1.82) is 0 Å². The third kappa shape index (κ3) is 3.87. The topological polar surface area (TPSA) is 116 Å². The Morgan fingerprint density at radius 2 is 2.12 bits per heavy atom. The van der Waals surface area contributed by atoms with E-state index < -0.39 is 12.0 Å². The fourth-order valence-corrected chi connectivity index (χ4v) is 3.47. The van der Waals surface area contributed by atoms with Crippen molar-refractivity contribution in [2.75, 3.05) is 23.8 Å². The van der Waals surface area contributed by atoms with Crippen LogP contribution in [0, 0.1) is 0 Å². The minimum absolute atomic E-state index is 0.515. The number of hydrogen-bond donors (Lipinski definition) is 3. The van der Waals surface area contributed by atoms with Crippen molar-refractivity contribution >= 4 is 28.7 Å². The molecule has 0 saturated heterocycles. The van der Waals surface area contributed by atoms with Crippen molar-refractivity contribution < 1.29 is 14.3 Å². The highest BCUT2D eigenvalue weighted by Crippen LogP contribution is 2.33. The zero-order chi connectivity index (χ0) is 22.1. The number of amides is 1. The van der Waals surface area contributed by atoms with Gasteiger partial charge in [0.05, 0.1) is 11.4 Å². The van der Waals surface area contributed by atoms with Gasteiger partial charge in [-0.05, 0) is 49.4 Å². The number of benzene rings is 2. The molecule has 1 amide bonds. The fourth-order valence-electron chi connectivity index (χ4n) is 3.47. The van der Waals surface area contributed by atoms with Crippen LogP contribution in [0.25, 0.3) is 16.9 Å². The van der Waals surface area contributed by atoms with Gasteiger partial charge in [-0.2, -0.15) is 0 Å². The Balaban J connectivity index is 1.44. The number of imidazole rings is 1. The van der Waals surface area contributed by atoms with Crippen molar-refractivity contribution in [3.8, 4) is 22.8 Å². The van der Waals surface area contributed by atoms with Gasteiger partial charge in [-0.1, -0.05) is 0 Å². The Morgan fingerprint density at radius 1 is 1.28 bits per heavy atom. The molecule has 2 aromatic carbocycles. The third-order valence-corrected chi connectivity index (χ3v) is 5.16. The lowest BCUT2D eigenvalue weighted by molar-refractivity contribution is -0.123. The van der Waals surface area contributed by atoms with Crippen LogP contribution >= 0.6 is 0 Å². The van der Waals surface area contributed by atoms with Crippen LogP contribution in [-0.2, 0) is 4.79 Å². The predicted octanol–water partition coefficient (Wildman–Crippen LogP) is 3.20. The molecule has 1 aliphatic rings. The van der Waals surface area contributed by atoms with E-state index in [1.807, 2.05) is 47.1 Å². The number of nitrogens with two attached hydrogens (primary N) is 1. The molecule has 1 atom stereocenters. The number of hydrogen-bond acceptors (Lipinski definition) is 7. The number of rotatable bonds is 6. The molecule has 1 aliphatic heterocycles. The minimum atomic E-state index is -0.701. The molecule has 0 fully saturated rings.